The van der Waals surface area contributed by atoms with E-state index in [2.05, 4.69) is 29.4 Å². The molecule has 0 bridgehead atoms. The van der Waals surface area contributed by atoms with Gasteiger partial charge in [0, 0.05) is 30.4 Å². The number of carbonyl (C=O) groups is 1. The molecule has 128 valence electrons. The Morgan fingerprint density at radius 3 is 2.92 bits per heavy atom. The molecule has 1 amide bonds. The van der Waals surface area contributed by atoms with Gasteiger partial charge in [-0.15, -0.1) is 11.3 Å². The van der Waals surface area contributed by atoms with Crippen LogP contribution in [-0.2, 0) is 17.6 Å². The first-order valence-corrected chi connectivity index (χ1v) is 9.51. The van der Waals surface area contributed by atoms with Crippen molar-refractivity contribution in [3.8, 4) is 0 Å². The van der Waals surface area contributed by atoms with Crippen molar-refractivity contribution in [2.75, 3.05) is 13.2 Å². The zero-order chi connectivity index (χ0) is 16.8. The minimum absolute atomic E-state index is 0.0593. The summed E-state index contributed by atoms with van der Waals surface area (Å²) in [5.74, 6) is 0.367. The summed E-state index contributed by atoms with van der Waals surface area (Å²) in [5.41, 5.74) is 1.84. The maximum Gasteiger partial charge on any atom is 0.270 e. The number of amides is 1. The van der Waals surface area contributed by atoms with Gasteiger partial charge in [0.2, 0.25) is 0 Å². The van der Waals surface area contributed by atoms with E-state index in [1.54, 1.807) is 11.3 Å². The van der Waals surface area contributed by atoms with E-state index in [1.165, 1.54) is 5.56 Å². The average Bonchev–Trinajstić information content (AvgIpc) is 3.30. The fourth-order valence-electron chi connectivity index (χ4n) is 3.09. The van der Waals surface area contributed by atoms with E-state index >= 15 is 0 Å². The summed E-state index contributed by atoms with van der Waals surface area (Å²) in [6, 6.07) is 10.5. The Balaban J connectivity index is 1.55. The van der Waals surface area contributed by atoms with Gasteiger partial charge in [0.1, 0.15) is 5.69 Å². The van der Waals surface area contributed by atoms with E-state index in [9.17, 15) is 4.79 Å². The van der Waals surface area contributed by atoms with Crippen LogP contribution in [0.15, 0.2) is 35.7 Å². The summed E-state index contributed by atoms with van der Waals surface area (Å²) < 4.78 is 5.44. The predicted molar refractivity (Wildman–Crippen MR) is 96.4 cm³/mol. The standard InChI is InChI=1S/C19H24N2O2S/c1-2-16(15-10-11-23-12-15)21-19(22)17-13-24-18(20-17)9-8-14-6-4-3-5-7-14/h3-7,13,15-16H,2,8-12H2,1H3,(H,21,22)/t15-,16+/m0/s1. The van der Waals surface area contributed by atoms with Gasteiger partial charge in [-0.25, -0.2) is 4.98 Å². The number of thiazole rings is 1. The lowest BCUT2D eigenvalue weighted by molar-refractivity contribution is 0.0910. The highest BCUT2D eigenvalue weighted by Gasteiger charge is 2.26. The molecule has 4 nitrogen and oxygen atoms in total. The van der Waals surface area contributed by atoms with Gasteiger partial charge in [-0.3, -0.25) is 4.79 Å². The number of ether oxygens (including phenoxy) is 1. The molecule has 2 atom stereocenters. The van der Waals surface area contributed by atoms with Gasteiger partial charge in [-0.1, -0.05) is 37.3 Å². The summed E-state index contributed by atoms with van der Waals surface area (Å²) in [7, 11) is 0. The number of carbonyl (C=O) groups excluding carboxylic acids is 1. The second-order valence-electron chi connectivity index (χ2n) is 6.22. The molecule has 1 fully saturated rings. The zero-order valence-corrected chi connectivity index (χ0v) is 14.8. The molecule has 1 N–H and O–H groups in total. The SMILES string of the molecule is CC[C@@H](NC(=O)c1csc(CCc2ccccc2)n1)[C@H]1CCOC1. The fraction of sp³-hybridized carbons (Fsp3) is 0.474. The van der Waals surface area contributed by atoms with Crippen LogP contribution < -0.4 is 5.32 Å². The largest absolute Gasteiger partial charge is 0.381 e. The van der Waals surface area contributed by atoms with Gasteiger partial charge in [0.15, 0.2) is 0 Å². The first-order chi connectivity index (χ1) is 11.8. The number of rotatable bonds is 7. The van der Waals surface area contributed by atoms with Gasteiger partial charge in [0.25, 0.3) is 5.91 Å². The third-order valence-corrected chi connectivity index (χ3v) is 5.45. The van der Waals surface area contributed by atoms with E-state index in [0.29, 0.717) is 11.6 Å². The molecule has 2 aromatic rings. The summed E-state index contributed by atoms with van der Waals surface area (Å²) in [4.78, 5) is 17.0. The summed E-state index contributed by atoms with van der Waals surface area (Å²) in [5, 5.41) is 6.02. The number of aromatic nitrogens is 1. The number of nitrogens with one attached hydrogen (secondary N) is 1. The Morgan fingerprint density at radius 2 is 2.21 bits per heavy atom. The van der Waals surface area contributed by atoms with E-state index in [-0.39, 0.29) is 11.9 Å². The average molecular weight is 344 g/mol. The maximum absolute atomic E-state index is 12.5. The first-order valence-electron chi connectivity index (χ1n) is 8.63. The quantitative estimate of drug-likeness (QED) is 0.837. The third kappa shape index (κ3) is 4.42. The molecule has 5 heteroatoms. The summed E-state index contributed by atoms with van der Waals surface area (Å²) in [6.07, 6.45) is 3.77. The van der Waals surface area contributed by atoms with Crippen molar-refractivity contribution in [2.45, 2.75) is 38.6 Å². The zero-order valence-electron chi connectivity index (χ0n) is 14.0. The van der Waals surface area contributed by atoms with Gasteiger partial charge in [-0.05, 0) is 24.8 Å². The van der Waals surface area contributed by atoms with Crippen LogP contribution in [-0.4, -0.2) is 30.1 Å². The van der Waals surface area contributed by atoms with E-state index in [4.69, 9.17) is 4.74 Å². The van der Waals surface area contributed by atoms with Crippen LogP contribution in [0.4, 0.5) is 0 Å². The lowest BCUT2D eigenvalue weighted by Crippen LogP contribution is -2.40. The maximum atomic E-state index is 12.5. The van der Waals surface area contributed by atoms with Gasteiger partial charge < -0.3 is 10.1 Å². The topological polar surface area (TPSA) is 51.2 Å². The lowest BCUT2D eigenvalue weighted by Gasteiger charge is -2.21. The second kappa shape index (κ2) is 8.40. The van der Waals surface area contributed by atoms with Crippen molar-refractivity contribution in [1.29, 1.82) is 0 Å². The van der Waals surface area contributed by atoms with Crippen LogP contribution in [0.1, 0.15) is 40.8 Å². The fourth-order valence-corrected chi connectivity index (χ4v) is 3.87. The molecular formula is C19H24N2O2S. The molecule has 1 saturated heterocycles. The smallest absolute Gasteiger partial charge is 0.270 e. The predicted octanol–water partition coefficient (Wildman–Crippen LogP) is 3.47. The van der Waals surface area contributed by atoms with E-state index < -0.39 is 0 Å². The molecule has 0 spiro atoms. The van der Waals surface area contributed by atoms with Crippen molar-refractivity contribution in [3.63, 3.8) is 0 Å². The minimum atomic E-state index is -0.0593. The summed E-state index contributed by atoms with van der Waals surface area (Å²) in [6.45, 7) is 3.66. The molecule has 0 saturated carbocycles. The van der Waals surface area contributed by atoms with Crippen LogP contribution in [0.2, 0.25) is 0 Å². The van der Waals surface area contributed by atoms with E-state index in [1.807, 2.05) is 23.6 Å². The van der Waals surface area contributed by atoms with Crippen molar-refractivity contribution in [2.24, 2.45) is 5.92 Å². The molecule has 0 radical (unpaired) electrons. The van der Waals surface area contributed by atoms with Crippen LogP contribution in [0.25, 0.3) is 0 Å². The second-order valence-corrected chi connectivity index (χ2v) is 7.17. The van der Waals surface area contributed by atoms with Gasteiger partial charge in [-0.2, -0.15) is 0 Å². The molecule has 0 unspecified atom stereocenters. The van der Waals surface area contributed by atoms with Crippen molar-refractivity contribution in [3.05, 3.63) is 52.0 Å². The van der Waals surface area contributed by atoms with Crippen LogP contribution >= 0.6 is 11.3 Å². The first kappa shape index (κ1) is 17.1. The Hall–Kier alpha value is -1.72. The number of hydrogen-bond donors (Lipinski definition) is 1. The molecule has 1 aliphatic heterocycles. The molecule has 1 aromatic heterocycles. The van der Waals surface area contributed by atoms with Crippen molar-refractivity contribution >= 4 is 17.2 Å². The Labute approximate surface area is 147 Å². The van der Waals surface area contributed by atoms with Gasteiger partial charge in [0.05, 0.1) is 11.6 Å². The summed E-state index contributed by atoms with van der Waals surface area (Å²) >= 11 is 1.57. The highest BCUT2D eigenvalue weighted by molar-refractivity contribution is 7.09. The third-order valence-electron chi connectivity index (χ3n) is 4.55. The number of benzene rings is 1. The number of nitrogens with zero attached hydrogens (tertiary/aromatic N) is 1. The molecule has 3 rings (SSSR count). The van der Waals surface area contributed by atoms with E-state index in [0.717, 1.165) is 43.9 Å². The highest BCUT2D eigenvalue weighted by atomic mass is 32.1. The Bertz CT molecular complexity index is 650. The molecule has 1 aromatic carbocycles. The molecule has 2 heterocycles. The molecule has 24 heavy (non-hydrogen) atoms. The normalized spacial score (nSPS) is 18.5. The number of hydrogen-bond acceptors (Lipinski definition) is 4. The minimum Gasteiger partial charge on any atom is -0.381 e. The highest BCUT2D eigenvalue weighted by Crippen LogP contribution is 2.20. The number of aryl methyl sites for hydroxylation is 2. The van der Waals surface area contributed by atoms with Crippen LogP contribution in [0.3, 0.4) is 0 Å². The molecule has 0 aliphatic carbocycles. The van der Waals surface area contributed by atoms with Crippen molar-refractivity contribution < 1.29 is 9.53 Å². The van der Waals surface area contributed by atoms with Gasteiger partial charge >= 0.3 is 0 Å². The Kier molecular flexibility index (Phi) is 5.99. The van der Waals surface area contributed by atoms with Crippen LogP contribution in [0, 0.1) is 5.92 Å². The monoisotopic (exact) mass is 344 g/mol. The van der Waals surface area contributed by atoms with Crippen molar-refractivity contribution in [1.82, 2.24) is 10.3 Å². The Morgan fingerprint density at radius 1 is 1.38 bits per heavy atom. The molecular weight excluding hydrogens is 320 g/mol. The van der Waals surface area contributed by atoms with Crippen LogP contribution in [0.5, 0.6) is 0 Å². The molecule has 1 aliphatic rings. The lowest BCUT2D eigenvalue weighted by atomic mass is 9.97.